The molecule has 0 atom stereocenters. The Morgan fingerprint density at radius 1 is 1.25 bits per heavy atom. The zero-order valence-electron chi connectivity index (χ0n) is 12.7. The van der Waals surface area contributed by atoms with E-state index in [1.807, 2.05) is 19.9 Å². The molecule has 1 aliphatic rings. The Balaban J connectivity index is 2.45. The highest BCUT2D eigenvalue weighted by atomic mass is 32.2. The van der Waals surface area contributed by atoms with Crippen LogP contribution in [0, 0.1) is 19.3 Å². The van der Waals surface area contributed by atoms with Gasteiger partial charge in [0.05, 0.1) is 4.90 Å². The second-order valence-electron chi connectivity index (χ2n) is 6.50. The third-order valence-electron chi connectivity index (χ3n) is 4.11. The number of rotatable bonds is 3. The first-order valence-corrected chi connectivity index (χ1v) is 8.42. The van der Waals surface area contributed by atoms with Crippen LogP contribution in [0.1, 0.15) is 37.0 Å². The van der Waals surface area contributed by atoms with Gasteiger partial charge in [0.2, 0.25) is 10.0 Å². The van der Waals surface area contributed by atoms with Gasteiger partial charge in [0, 0.05) is 19.6 Å². The van der Waals surface area contributed by atoms with E-state index in [1.54, 1.807) is 10.4 Å². The summed E-state index contributed by atoms with van der Waals surface area (Å²) >= 11 is 0. The third-order valence-corrected chi connectivity index (χ3v) is 6.10. The van der Waals surface area contributed by atoms with Crippen molar-refractivity contribution in [3.8, 4) is 0 Å². The summed E-state index contributed by atoms with van der Waals surface area (Å²) in [5.74, 6) is 0. The molecule has 0 aliphatic carbocycles. The fourth-order valence-electron chi connectivity index (χ4n) is 2.78. The topological polar surface area (TPSA) is 63.4 Å². The number of benzene rings is 1. The largest absolute Gasteiger partial charge is 0.326 e. The molecule has 1 fully saturated rings. The van der Waals surface area contributed by atoms with Gasteiger partial charge in [0.25, 0.3) is 0 Å². The number of hydrogen-bond donors (Lipinski definition) is 1. The molecule has 2 rings (SSSR count). The standard InChI is InChI=1S/C15H24N2O2S/c1-11-7-12(2)14(8-13(11)9-16)20(18,19)17-6-5-15(3,4)10-17/h7-8H,5-6,9-10,16H2,1-4H3. The van der Waals surface area contributed by atoms with Gasteiger partial charge < -0.3 is 5.73 Å². The fraction of sp³-hybridized carbons (Fsp3) is 0.600. The van der Waals surface area contributed by atoms with Crippen molar-refractivity contribution in [2.24, 2.45) is 11.1 Å². The predicted molar refractivity (Wildman–Crippen MR) is 81.0 cm³/mol. The van der Waals surface area contributed by atoms with Gasteiger partial charge in [-0.2, -0.15) is 4.31 Å². The molecule has 0 radical (unpaired) electrons. The van der Waals surface area contributed by atoms with Crippen molar-refractivity contribution in [2.45, 2.75) is 45.6 Å². The summed E-state index contributed by atoms with van der Waals surface area (Å²) in [5.41, 5.74) is 8.50. The van der Waals surface area contributed by atoms with E-state index in [-0.39, 0.29) is 5.41 Å². The molecule has 0 amide bonds. The van der Waals surface area contributed by atoms with E-state index < -0.39 is 10.0 Å². The Labute approximate surface area is 122 Å². The van der Waals surface area contributed by atoms with Crippen molar-refractivity contribution in [3.63, 3.8) is 0 Å². The maximum atomic E-state index is 12.8. The van der Waals surface area contributed by atoms with Gasteiger partial charge in [-0.3, -0.25) is 0 Å². The Kier molecular flexibility index (Phi) is 3.97. The molecule has 0 bridgehead atoms. The third kappa shape index (κ3) is 2.75. The molecule has 1 heterocycles. The molecule has 1 aromatic carbocycles. The zero-order chi connectivity index (χ0) is 15.1. The molecule has 112 valence electrons. The van der Waals surface area contributed by atoms with Gasteiger partial charge in [0.15, 0.2) is 0 Å². The van der Waals surface area contributed by atoms with E-state index in [9.17, 15) is 8.42 Å². The number of nitrogens with zero attached hydrogens (tertiary/aromatic N) is 1. The summed E-state index contributed by atoms with van der Waals surface area (Å²) in [6.45, 7) is 9.57. The predicted octanol–water partition coefficient (Wildman–Crippen LogP) is 2.18. The number of sulfonamides is 1. The lowest BCUT2D eigenvalue weighted by molar-refractivity contribution is 0.375. The number of hydrogen-bond acceptors (Lipinski definition) is 3. The lowest BCUT2D eigenvalue weighted by atomic mass is 9.93. The summed E-state index contributed by atoms with van der Waals surface area (Å²) in [6, 6.07) is 3.65. The molecular formula is C15H24N2O2S. The quantitative estimate of drug-likeness (QED) is 0.930. The minimum Gasteiger partial charge on any atom is -0.326 e. The van der Waals surface area contributed by atoms with E-state index in [2.05, 4.69) is 13.8 Å². The lowest BCUT2D eigenvalue weighted by Gasteiger charge is -2.21. The van der Waals surface area contributed by atoms with Crippen molar-refractivity contribution in [1.82, 2.24) is 4.31 Å². The van der Waals surface area contributed by atoms with E-state index in [4.69, 9.17) is 5.73 Å². The Morgan fingerprint density at radius 3 is 2.40 bits per heavy atom. The first kappa shape index (κ1) is 15.5. The summed E-state index contributed by atoms with van der Waals surface area (Å²) in [6.07, 6.45) is 0.904. The van der Waals surface area contributed by atoms with Crippen LogP contribution in [0.3, 0.4) is 0 Å². The fourth-order valence-corrected chi connectivity index (χ4v) is 4.67. The van der Waals surface area contributed by atoms with Crippen molar-refractivity contribution < 1.29 is 8.42 Å². The highest BCUT2D eigenvalue weighted by Gasteiger charge is 2.37. The first-order chi connectivity index (χ1) is 9.17. The average molecular weight is 296 g/mol. The van der Waals surface area contributed by atoms with Gasteiger partial charge in [-0.25, -0.2) is 8.42 Å². The van der Waals surface area contributed by atoms with Crippen LogP contribution in [0.5, 0.6) is 0 Å². The molecule has 20 heavy (non-hydrogen) atoms. The summed E-state index contributed by atoms with van der Waals surface area (Å²) < 4.78 is 27.2. The molecular weight excluding hydrogens is 272 g/mol. The van der Waals surface area contributed by atoms with Crippen LogP contribution < -0.4 is 5.73 Å². The normalized spacial score (nSPS) is 19.4. The van der Waals surface area contributed by atoms with Crippen LogP contribution in [0.15, 0.2) is 17.0 Å². The van der Waals surface area contributed by atoms with Gasteiger partial charge in [-0.05, 0) is 48.4 Å². The monoisotopic (exact) mass is 296 g/mol. The Hall–Kier alpha value is -0.910. The van der Waals surface area contributed by atoms with Crippen LogP contribution in [-0.2, 0) is 16.6 Å². The van der Waals surface area contributed by atoms with Gasteiger partial charge >= 0.3 is 0 Å². The minimum atomic E-state index is -3.41. The van der Waals surface area contributed by atoms with Crippen LogP contribution in [0.25, 0.3) is 0 Å². The number of aryl methyl sites for hydroxylation is 2. The van der Waals surface area contributed by atoms with Gasteiger partial charge in [-0.1, -0.05) is 19.9 Å². The Morgan fingerprint density at radius 2 is 1.90 bits per heavy atom. The smallest absolute Gasteiger partial charge is 0.243 e. The maximum Gasteiger partial charge on any atom is 0.243 e. The average Bonchev–Trinajstić information content (AvgIpc) is 2.70. The van der Waals surface area contributed by atoms with E-state index in [0.717, 1.165) is 23.1 Å². The molecule has 1 saturated heterocycles. The zero-order valence-corrected chi connectivity index (χ0v) is 13.5. The minimum absolute atomic E-state index is 0.0579. The van der Waals surface area contributed by atoms with E-state index in [1.165, 1.54) is 0 Å². The number of nitrogens with two attached hydrogens (primary N) is 1. The lowest BCUT2D eigenvalue weighted by Crippen LogP contribution is -2.31. The van der Waals surface area contributed by atoms with Crippen molar-refractivity contribution in [2.75, 3.05) is 13.1 Å². The van der Waals surface area contributed by atoms with Crippen LogP contribution >= 0.6 is 0 Å². The molecule has 0 saturated carbocycles. The van der Waals surface area contributed by atoms with Crippen LogP contribution in [0.2, 0.25) is 0 Å². The second-order valence-corrected chi connectivity index (χ2v) is 8.41. The van der Waals surface area contributed by atoms with E-state index in [0.29, 0.717) is 24.5 Å². The molecule has 0 aromatic heterocycles. The Bertz CT molecular complexity index is 621. The van der Waals surface area contributed by atoms with Crippen molar-refractivity contribution in [1.29, 1.82) is 0 Å². The van der Waals surface area contributed by atoms with Gasteiger partial charge in [-0.15, -0.1) is 0 Å². The van der Waals surface area contributed by atoms with Gasteiger partial charge in [0.1, 0.15) is 0 Å². The molecule has 5 heteroatoms. The van der Waals surface area contributed by atoms with Crippen molar-refractivity contribution >= 4 is 10.0 Å². The molecule has 0 spiro atoms. The summed E-state index contributed by atoms with van der Waals surface area (Å²) in [4.78, 5) is 0.404. The second kappa shape index (κ2) is 5.13. The molecule has 1 aliphatic heterocycles. The highest BCUT2D eigenvalue weighted by molar-refractivity contribution is 7.89. The summed E-state index contributed by atoms with van der Waals surface area (Å²) in [5, 5.41) is 0. The molecule has 4 nitrogen and oxygen atoms in total. The van der Waals surface area contributed by atoms with Crippen molar-refractivity contribution in [3.05, 3.63) is 28.8 Å². The SMILES string of the molecule is Cc1cc(C)c(S(=O)(=O)N2CCC(C)(C)C2)cc1CN. The molecule has 0 unspecified atom stereocenters. The first-order valence-electron chi connectivity index (χ1n) is 6.98. The molecule has 2 N–H and O–H groups in total. The van der Waals surface area contributed by atoms with Crippen LogP contribution in [0.4, 0.5) is 0 Å². The maximum absolute atomic E-state index is 12.8. The highest BCUT2D eigenvalue weighted by Crippen LogP contribution is 2.34. The van der Waals surface area contributed by atoms with E-state index >= 15 is 0 Å². The summed E-state index contributed by atoms with van der Waals surface area (Å²) in [7, 11) is -3.41. The van der Waals surface area contributed by atoms with Crippen LogP contribution in [-0.4, -0.2) is 25.8 Å². The molecule has 1 aromatic rings.